The quantitative estimate of drug-likeness (QED) is 0.704. The highest BCUT2D eigenvalue weighted by Crippen LogP contribution is 2.29. The van der Waals surface area contributed by atoms with Gasteiger partial charge < -0.3 is 23.7 Å². The smallest absolute Gasteiger partial charge is 0.238 e. The number of hydrogen-bond acceptors (Lipinski definition) is 7. The molecule has 0 fully saturated rings. The predicted molar refractivity (Wildman–Crippen MR) is 88.5 cm³/mol. The fourth-order valence-electron chi connectivity index (χ4n) is 2.22. The summed E-state index contributed by atoms with van der Waals surface area (Å²) in [5, 5.41) is 6.61. The SMILES string of the molecule is COc1ccc(NC(=O)CCc2nc(-c3ccco3)no2)cc1OC. The Kier molecular flexibility index (Phi) is 4.98. The van der Waals surface area contributed by atoms with Gasteiger partial charge in [-0.2, -0.15) is 4.98 Å². The van der Waals surface area contributed by atoms with E-state index in [2.05, 4.69) is 15.5 Å². The number of anilines is 1. The molecule has 25 heavy (non-hydrogen) atoms. The highest BCUT2D eigenvalue weighted by molar-refractivity contribution is 5.91. The molecular formula is C17H17N3O5. The van der Waals surface area contributed by atoms with Crippen molar-refractivity contribution in [3.05, 3.63) is 42.5 Å². The van der Waals surface area contributed by atoms with Gasteiger partial charge >= 0.3 is 0 Å². The van der Waals surface area contributed by atoms with E-state index in [9.17, 15) is 4.79 Å². The first-order valence-electron chi connectivity index (χ1n) is 7.58. The van der Waals surface area contributed by atoms with Crippen molar-refractivity contribution < 1.29 is 23.2 Å². The second-order valence-electron chi connectivity index (χ2n) is 5.11. The maximum absolute atomic E-state index is 12.1. The van der Waals surface area contributed by atoms with Crippen LogP contribution >= 0.6 is 0 Å². The Labute approximate surface area is 143 Å². The molecule has 130 valence electrons. The van der Waals surface area contributed by atoms with Gasteiger partial charge in [-0.25, -0.2) is 0 Å². The zero-order valence-electron chi connectivity index (χ0n) is 13.8. The van der Waals surface area contributed by atoms with Gasteiger partial charge in [0, 0.05) is 24.6 Å². The van der Waals surface area contributed by atoms with Crippen LogP contribution in [0.4, 0.5) is 5.69 Å². The van der Waals surface area contributed by atoms with Crippen LogP contribution in [0, 0.1) is 0 Å². The van der Waals surface area contributed by atoms with Crippen LogP contribution in [-0.4, -0.2) is 30.3 Å². The Bertz CT molecular complexity index is 842. The molecule has 0 aliphatic carbocycles. The van der Waals surface area contributed by atoms with Gasteiger partial charge in [0.15, 0.2) is 17.3 Å². The van der Waals surface area contributed by atoms with Crippen molar-refractivity contribution in [3.8, 4) is 23.1 Å². The number of carbonyl (C=O) groups is 1. The molecule has 8 nitrogen and oxygen atoms in total. The third kappa shape index (κ3) is 3.97. The standard InChI is InChI=1S/C17H17N3O5/c1-22-12-6-5-11(10-14(12)23-2)18-15(21)7-8-16-19-17(20-25-16)13-4-3-9-24-13/h3-6,9-10H,7-8H2,1-2H3,(H,18,21). The van der Waals surface area contributed by atoms with Crippen molar-refractivity contribution in [2.75, 3.05) is 19.5 Å². The number of benzene rings is 1. The van der Waals surface area contributed by atoms with E-state index in [0.717, 1.165) is 0 Å². The molecule has 3 aromatic rings. The first kappa shape index (κ1) is 16.6. The van der Waals surface area contributed by atoms with Crippen molar-refractivity contribution in [1.29, 1.82) is 0 Å². The molecule has 0 bridgehead atoms. The minimum Gasteiger partial charge on any atom is -0.493 e. The summed E-state index contributed by atoms with van der Waals surface area (Å²) in [6, 6.07) is 8.63. The molecule has 0 unspecified atom stereocenters. The molecule has 1 N–H and O–H groups in total. The first-order valence-corrected chi connectivity index (χ1v) is 7.58. The Morgan fingerprint density at radius 3 is 2.76 bits per heavy atom. The topological polar surface area (TPSA) is 99.6 Å². The molecule has 8 heteroatoms. The van der Waals surface area contributed by atoms with E-state index in [1.54, 1.807) is 37.4 Å². The van der Waals surface area contributed by atoms with Crippen LogP contribution in [-0.2, 0) is 11.2 Å². The van der Waals surface area contributed by atoms with Crippen molar-refractivity contribution in [3.63, 3.8) is 0 Å². The third-order valence-corrected chi connectivity index (χ3v) is 3.44. The number of carbonyl (C=O) groups excluding carboxylic acids is 1. The number of aromatic nitrogens is 2. The van der Waals surface area contributed by atoms with Crippen molar-refractivity contribution in [2.24, 2.45) is 0 Å². The molecule has 0 aliphatic rings. The number of ether oxygens (including phenoxy) is 2. The fourth-order valence-corrected chi connectivity index (χ4v) is 2.22. The average molecular weight is 343 g/mol. The van der Waals surface area contributed by atoms with E-state index in [-0.39, 0.29) is 12.3 Å². The summed E-state index contributed by atoms with van der Waals surface area (Å²) in [5.41, 5.74) is 0.615. The molecule has 0 saturated heterocycles. The molecule has 0 spiro atoms. The Hall–Kier alpha value is -3.29. The minimum absolute atomic E-state index is 0.176. The second kappa shape index (κ2) is 7.52. The summed E-state index contributed by atoms with van der Waals surface area (Å²) in [6.07, 6.45) is 2.06. The zero-order chi connectivity index (χ0) is 17.6. The molecule has 2 aromatic heterocycles. The molecule has 1 amide bonds. The number of amides is 1. The number of methoxy groups -OCH3 is 2. The van der Waals surface area contributed by atoms with Crippen LogP contribution < -0.4 is 14.8 Å². The lowest BCUT2D eigenvalue weighted by Gasteiger charge is -2.10. The van der Waals surface area contributed by atoms with Gasteiger partial charge in [0.25, 0.3) is 0 Å². The zero-order valence-corrected chi connectivity index (χ0v) is 13.8. The van der Waals surface area contributed by atoms with E-state index >= 15 is 0 Å². The Morgan fingerprint density at radius 2 is 2.04 bits per heavy atom. The maximum atomic E-state index is 12.1. The van der Waals surface area contributed by atoms with Crippen molar-refractivity contribution in [2.45, 2.75) is 12.8 Å². The fraction of sp³-hybridized carbons (Fsp3) is 0.235. The van der Waals surface area contributed by atoms with Crippen molar-refractivity contribution in [1.82, 2.24) is 10.1 Å². The van der Waals surface area contributed by atoms with Crippen LogP contribution in [0.15, 0.2) is 45.5 Å². The lowest BCUT2D eigenvalue weighted by Crippen LogP contribution is -2.12. The molecular weight excluding hydrogens is 326 g/mol. The van der Waals surface area contributed by atoms with Crippen LogP contribution in [0.3, 0.4) is 0 Å². The van der Waals surface area contributed by atoms with E-state index in [1.807, 2.05) is 0 Å². The van der Waals surface area contributed by atoms with Crippen LogP contribution in [0.5, 0.6) is 11.5 Å². The molecule has 0 atom stereocenters. The number of nitrogens with one attached hydrogen (secondary N) is 1. The summed E-state index contributed by atoms with van der Waals surface area (Å²) < 4.78 is 20.7. The van der Waals surface area contributed by atoms with E-state index < -0.39 is 0 Å². The van der Waals surface area contributed by atoms with Crippen molar-refractivity contribution >= 4 is 11.6 Å². The van der Waals surface area contributed by atoms with Crippen LogP contribution in [0.25, 0.3) is 11.6 Å². The number of rotatable bonds is 7. The van der Waals surface area contributed by atoms with Crippen LogP contribution in [0.2, 0.25) is 0 Å². The molecule has 1 aromatic carbocycles. The normalized spacial score (nSPS) is 10.5. The monoisotopic (exact) mass is 343 g/mol. The summed E-state index contributed by atoms with van der Waals surface area (Å²) in [4.78, 5) is 16.3. The average Bonchev–Trinajstić information content (AvgIpc) is 3.31. The highest BCUT2D eigenvalue weighted by atomic mass is 16.5. The summed E-state index contributed by atoms with van der Waals surface area (Å²) in [5.74, 6) is 2.21. The number of furan rings is 1. The number of hydrogen-bond donors (Lipinski definition) is 1. The van der Waals surface area contributed by atoms with E-state index in [0.29, 0.717) is 41.1 Å². The predicted octanol–water partition coefficient (Wildman–Crippen LogP) is 2.92. The number of nitrogens with zero attached hydrogens (tertiary/aromatic N) is 2. The first-order chi connectivity index (χ1) is 12.2. The minimum atomic E-state index is -0.176. The van der Waals surface area contributed by atoms with Gasteiger partial charge in [-0.05, 0) is 24.3 Å². The lowest BCUT2D eigenvalue weighted by atomic mass is 10.2. The molecule has 2 heterocycles. The van der Waals surface area contributed by atoms with E-state index in [4.69, 9.17) is 18.4 Å². The Morgan fingerprint density at radius 1 is 1.20 bits per heavy atom. The lowest BCUT2D eigenvalue weighted by molar-refractivity contribution is -0.116. The van der Waals surface area contributed by atoms with Gasteiger partial charge in [-0.15, -0.1) is 0 Å². The summed E-state index contributed by atoms with van der Waals surface area (Å²) in [6.45, 7) is 0. The largest absolute Gasteiger partial charge is 0.493 e. The summed E-state index contributed by atoms with van der Waals surface area (Å²) in [7, 11) is 3.09. The summed E-state index contributed by atoms with van der Waals surface area (Å²) >= 11 is 0. The molecule has 3 rings (SSSR count). The highest BCUT2D eigenvalue weighted by Gasteiger charge is 2.13. The van der Waals surface area contributed by atoms with E-state index in [1.165, 1.54) is 13.4 Å². The van der Waals surface area contributed by atoms with Crippen LogP contribution in [0.1, 0.15) is 12.3 Å². The molecule has 0 aliphatic heterocycles. The van der Waals surface area contributed by atoms with Gasteiger partial charge in [-0.1, -0.05) is 5.16 Å². The Balaban J connectivity index is 1.56. The third-order valence-electron chi connectivity index (χ3n) is 3.44. The molecule has 0 radical (unpaired) electrons. The van der Waals surface area contributed by atoms with Gasteiger partial charge in [0.05, 0.1) is 20.5 Å². The second-order valence-corrected chi connectivity index (χ2v) is 5.11. The number of aryl methyl sites for hydroxylation is 1. The van der Waals surface area contributed by atoms with Gasteiger partial charge in [-0.3, -0.25) is 4.79 Å². The molecule has 0 saturated carbocycles. The maximum Gasteiger partial charge on any atom is 0.238 e. The van der Waals surface area contributed by atoms with Gasteiger partial charge in [0.1, 0.15) is 0 Å². The van der Waals surface area contributed by atoms with Gasteiger partial charge in [0.2, 0.25) is 17.6 Å².